The van der Waals surface area contributed by atoms with Crippen LogP contribution in [-0.2, 0) is 6.54 Å². The molecule has 1 fully saturated rings. The Morgan fingerprint density at radius 3 is 2.89 bits per heavy atom. The van der Waals surface area contributed by atoms with Gasteiger partial charge in [0.05, 0.1) is 5.69 Å². The van der Waals surface area contributed by atoms with Crippen molar-refractivity contribution in [1.82, 2.24) is 10.3 Å². The molecule has 2 rings (SSSR count). The van der Waals surface area contributed by atoms with Crippen molar-refractivity contribution in [2.45, 2.75) is 59.0 Å². The van der Waals surface area contributed by atoms with Gasteiger partial charge in [-0.1, -0.05) is 6.92 Å². The molecular formula is C15H27N3S. The zero-order valence-electron chi connectivity index (χ0n) is 12.7. The fraction of sp³-hybridized carbons (Fsp3) is 0.800. The van der Waals surface area contributed by atoms with Gasteiger partial charge in [-0.25, -0.2) is 4.98 Å². The molecule has 1 aliphatic rings. The van der Waals surface area contributed by atoms with Crippen LogP contribution in [0.4, 0.5) is 5.13 Å². The molecule has 1 unspecified atom stereocenters. The van der Waals surface area contributed by atoms with Gasteiger partial charge in [0.15, 0.2) is 5.13 Å². The Kier molecular flexibility index (Phi) is 4.85. The van der Waals surface area contributed by atoms with E-state index in [0.717, 1.165) is 12.5 Å². The molecule has 0 radical (unpaired) electrons. The van der Waals surface area contributed by atoms with E-state index in [-0.39, 0.29) is 5.54 Å². The summed E-state index contributed by atoms with van der Waals surface area (Å²) in [6.45, 7) is 12.1. The van der Waals surface area contributed by atoms with Crippen LogP contribution in [0.5, 0.6) is 0 Å². The van der Waals surface area contributed by atoms with Crippen molar-refractivity contribution in [3.63, 3.8) is 0 Å². The van der Waals surface area contributed by atoms with Crippen molar-refractivity contribution in [2.24, 2.45) is 5.92 Å². The minimum Gasteiger partial charge on any atom is -0.348 e. The van der Waals surface area contributed by atoms with Crippen LogP contribution in [0.15, 0.2) is 5.38 Å². The summed E-state index contributed by atoms with van der Waals surface area (Å²) in [6, 6.07) is 0. The monoisotopic (exact) mass is 281 g/mol. The second-order valence-corrected chi connectivity index (χ2v) is 7.58. The lowest BCUT2D eigenvalue weighted by atomic mass is 10.0. The normalized spacial score (nSPS) is 21.5. The highest BCUT2D eigenvalue weighted by Crippen LogP contribution is 2.25. The van der Waals surface area contributed by atoms with Crippen LogP contribution in [0, 0.1) is 5.92 Å². The van der Waals surface area contributed by atoms with Crippen molar-refractivity contribution in [2.75, 3.05) is 18.0 Å². The van der Waals surface area contributed by atoms with Gasteiger partial charge in [-0.3, -0.25) is 0 Å². The predicted octanol–water partition coefficient (Wildman–Crippen LogP) is 3.66. The van der Waals surface area contributed by atoms with E-state index < -0.39 is 0 Å². The summed E-state index contributed by atoms with van der Waals surface area (Å²) in [4.78, 5) is 7.25. The maximum absolute atomic E-state index is 4.79. The molecule has 0 aromatic carbocycles. The van der Waals surface area contributed by atoms with Gasteiger partial charge < -0.3 is 10.2 Å². The molecule has 1 aromatic heterocycles. The molecule has 3 nitrogen and oxygen atoms in total. The van der Waals surface area contributed by atoms with E-state index in [9.17, 15) is 0 Å². The predicted molar refractivity (Wildman–Crippen MR) is 83.9 cm³/mol. The van der Waals surface area contributed by atoms with Crippen LogP contribution in [0.2, 0.25) is 0 Å². The summed E-state index contributed by atoms with van der Waals surface area (Å²) < 4.78 is 0. The van der Waals surface area contributed by atoms with Crippen LogP contribution in [0.3, 0.4) is 0 Å². The van der Waals surface area contributed by atoms with Crippen molar-refractivity contribution in [3.05, 3.63) is 11.1 Å². The highest BCUT2D eigenvalue weighted by atomic mass is 32.1. The Morgan fingerprint density at radius 1 is 1.37 bits per heavy atom. The Morgan fingerprint density at radius 2 is 2.16 bits per heavy atom. The summed E-state index contributed by atoms with van der Waals surface area (Å²) in [5.74, 6) is 0.868. The topological polar surface area (TPSA) is 28.2 Å². The number of anilines is 1. The van der Waals surface area contributed by atoms with Crippen molar-refractivity contribution < 1.29 is 0 Å². The molecule has 1 aromatic rings. The molecule has 0 aliphatic carbocycles. The van der Waals surface area contributed by atoms with E-state index in [1.165, 1.54) is 43.2 Å². The molecule has 1 saturated heterocycles. The number of rotatable bonds is 3. The zero-order valence-corrected chi connectivity index (χ0v) is 13.5. The minimum absolute atomic E-state index is 0.155. The van der Waals surface area contributed by atoms with Gasteiger partial charge in [-0.15, -0.1) is 11.3 Å². The average Bonchev–Trinajstić information content (AvgIpc) is 2.69. The lowest BCUT2D eigenvalue weighted by Crippen LogP contribution is -2.35. The number of hydrogen-bond acceptors (Lipinski definition) is 4. The average molecular weight is 281 g/mol. The molecule has 0 spiro atoms. The fourth-order valence-corrected chi connectivity index (χ4v) is 3.21. The highest BCUT2D eigenvalue weighted by molar-refractivity contribution is 7.13. The summed E-state index contributed by atoms with van der Waals surface area (Å²) in [5.41, 5.74) is 1.33. The Labute approximate surface area is 121 Å². The molecule has 2 heterocycles. The van der Waals surface area contributed by atoms with Gasteiger partial charge in [0.1, 0.15) is 0 Å². The second-order valence-electron chi connectivity index (χ2n) is 6.75. The first-order chi connectivity index (χ1) is 8.94. The van der Waals surface area contributed by atoms with Crippen molar-refractivity contribution >= 4 is 16.5 Å². The van der Waals surface area contributed by atoms with Crippen LogP contribution >= 0.6 is 11.3 Å². The van der Waals surface area contributed by atoms with Gasteiger partial charge in [0, 0.05) is 30.6 Å². The molecule has 1 atom stereocenters. The largest absolute Gasteiger partial charge is 0.348 e. The number of nitrogens with one attached hydrogen (secondary N) is 1. The summed E-state index contributed by atoms with van der Waals surface area (Å²) in [5, 5.41) is 6.90. The first-order valence-corrected chi connectivity index (χ1v) is 8.26. The van der Waals surface area contributed by atoms with Crippen LogP contribution in [0.25, 0.3) is 0 Å². The van der Waals surface area contributed by atoms with E-state index in [4.69, 9.17) is 4.98 Å². The van der Waals surface area contributed by atoms with Gasteiger partial charge in [-0.2, -0.15) is 0 Å². The number of thiazole rings is 1. The van der Waals surface area contributed by atoms with Crippen molar-refractivity contribution in [1.29, 1.82) is 0 Å². The SMILES string of the molecule is CC1CCCN(c2nc(CNC(C)(C)C)cs2)CC1. The lowest BCUT2D eigenvalue weighted by molar-refractivity contribution is 0.422. The third-order valence-corrected chi connectivity index (χ3v) is 4.58. The van der Waals surface area contributed by atoms with Crippen LogP contribution in [-0.4, -0.2) is 23.6 Å². The van der Waals surface area contributed by atoms with Gasteiger partial charge >= 0.3 is 0 Å². The molecule has 19 heavy (non-hydrogen) atoms. The smallest absolute Gasteiger partial charge is 0.185 e. The quantitative estimate of drug-likeness (QED) is 0.916. The first kappa shape index (κ1) is 14.8. The van der Waals surface area contributed by atoms with Crippen molar-refractivity contribution in [3.8, 4) is 0 Å². The molecule has 1 N–H and O–H groups in total. The maximum Gasteiger partial charge on any atom is 0.185 e. The zero-order chi connectivity index (χ0) is 13.9. The fourth-order valence-electron chi connectivity index (χ4n) is 2.33. The van der Waals surface area contributed by atoms with E-state index in [1.54, 1.807) is 11.3 Å². The van der Waals surface area contributed by atoms with E-state index in [2.05, 4.69) is 43.3 Å². The Bertz CT molecular complexity index is 394. The van der Waals surface area contributed by atoms with E-state index in [0.29, 0.717) is 0 Å². The van der Waals surface area contributed by atoms with E-state index in [1.807, 2.05) is 0 Å². The molecule has 4 heteroatoms. The summed E-state index contributed by atoms with van der Waals surface area (Å²) in [6.07, 6.45) is 3.96. The second kappa shape index (κ2) is 6.23. The summed E-state index contributed by atoms with van der Waals surface area (Å²) >= 11 is 1.79. The van der Waals surface area contributed by atoms with E-state index >= 15 is 0 Å². The maximum atomic E-state index is 4.79. The van der Waals surface area contributed by atoms with Crippen LogP contribution in [0.1, 0.15) is 52.7 Å². The molecule has 0 saturated carbocycles. The van der Waals surface area contributed by atoms with Gasteiger partial charge in [0.2, 0.25) is 0 Å². The highest BCUT2D eigenvalue weighted by Gasteiger charge is 2.17. The third-order valence-electron chi connectivity index (χ3n) is 3.63. The summed E-state index contributed by atoms with van der Waals surface area (Å²) in [7, 11) is 0. The molecular weight excluding hydrogens is 254 g/mol. The van der Waals surface area contributed by atoms with Gasteiger partial charge in [-0.05, 0) is 46.0 Å². The first-order valence-electron chi connectivity index (χ1n) is 7.38. The lowest BCUT2D eigenvalue weighted by Gasteiger charge is -2.20. The Hall–Kier alpha value is -0.610. The molecule has 108 valence electrons. The number of aromatic nitrogens is 1. The molecule has 1 aliphatic heterocycles. The van der Waals surface area contributed by atoms with Crippen LogP contribution < -0.4 is 10.2 Å². The number of nitrogens with zero attached hydrogens (tertiary/aromatic N) is 2. The third kappa shape index (κ3) is 4.77. The number of hydrogen-bond donors (Lipinski definition) is 1. The molecule has 0 bridgehead atoms. The molecule has 0 amide bonds. The minimum atomic E-state index is 0.155. The standard InChI is InChI=1S/C15H27N3S/c1-12-6-5-8-18(9-7-12)14-17-13(11-19-14)10-16-15(2,3)4/h11-12,16H,5-10H2,1-4H3. The Balaban J connectivity index is 1.92. The van der Waals surface area contributed by atoms with Gasteiger partial charge in [0.25, 0.3) is 0 Å².